The van der Waals surface area contributed by atoms with E-state index in [1.165, 1.54) is 0 Å². The van der Waals surface area contributed by atoms with E-state index in [1.807, 2.05) is 32.0 Å². The number of amides is 1. The lowest BCUT2D eigenvalue weighted by molar-refractivity contribution is -0.134. The largest absolute Gasteiger partial charge is 0.483 e. The number of benzene rings is 2. The number of hydrogen-bond acceptors (Lipinski definition) is 5. The second kappa shape index (κ2) is 7.95. The number of likely N-dealkylation sites (tertiary alicyclic amines) is 1. The Balaban J connectivity index is 1.34. The van der Waals surface area contributed by atoms with E-state index in [4.69, 9.17) is 9.47 Å². The fourth-order valence-electron chi connectivity index (χ4n) is 4.15. The van der Waals surface area contributed by atoms with Crippen LogP contribution in [0.15, 0.2) is 53.4 Å². The number of para-hydroxylation sites is 1. The van der Waals surface area contributed by atoms with Crippen molar-refractivity contribution in [2.24, 2.45) is 0 Å². The van der Waals surface area contributed by atoms with Gasteiger partial charge in [0.1, 0.15) is 5.60 Å². The van der Waals surface area contributed by atoms with Gasteiger partial charge in [0.25, 0.3) is 5.91 Å². The molecule has 0 atom stereocenters. The van der Waals surface area contributed by atoms with Crippen molar-refractivity contribution < 1.29 is 22.7 Å². The number of ether oxygens (including phenoxy) is 2. The lowest BCUT2D eigenvalue weighted by Gasteiger charge is -2.31. The summed E-state index contributed by atoms with van der Waals surface area (Å²) in [5, 5.41) is -0.460. The fourth-order valence-corrected chi connectivity index (χ4v) is 5.90. The normalized spacial score (nSPS) is 18.5. The Morgan fingerprint density at radius 3 is 2.50 bits per heavy atom. The second-order valence-electron chi connectivity index (χ2n) is 8.51. The van der Waals surface area contributed by atoms with E-state index in [-0.39, 0.29) is 18.1 Å². The quantitative estimate of drug-likeness (QED) is 0.730. The standard InChI is InChI=1S/C23H27NO5S/c1-23(2)15-17-7-6-10-20(22(17)29-23)28-16-21(25)24-13-11-19(12-14-24)30(26,27)18-8-4-3-5-9-18/h3-10,19H,11-16H2,1-2H3. The lowest BCUT2D eigenvalue weighted by atomic mass is 10.0. The summed E-state index contributed by atoms with van der Waals surface area (Å²) in [6, 6.07) is 14.2. The molecule has 2 aliphatic rings. The molecule has 1 fully saturated rings. The SMILES string of the molecule is CC1(C)Cc2cccc(OCC(=O)N3CCC(S(=O)(=O)c4ccccc4)CC3)c2O1. The lowest BCUT2D eigenvalue weighted by Crippen LogP contribution is -2.44. The minimum absolute atomic E-state index is 0.0870. The molecule has 0 unspecified atom stereocenters. The van der Waals surface area contributed by atoms with Crippen LogP contribution in [0.5, 0.6) is 11.5 Å². The molecule has 0 radical (unpaired) electrons. The Bertz CT molecular complexity index is 1020. The summed E-state index contributed by atoms with van der Waals surface area (Å²) in [6.45, 7) is 4.78. The van der Waals surface area contributed by atoms with Crippen LogP contribution in [0.4, 0.5) is 0 Å². The first kappa shape index (κ1) is 20.7. The fraction of sp³-hybridized carbons (Fsp3) is 0.435. The third kappa shape index (κ3) is 4.17. The van der Waals surface area contributed by atoms with E-state index >= 15 is 0 Å². The third-order valence-electron chi connectivity index (χ3n) is 5.71. The Labute approximate surface area is 177 Å². The Morgan fingerprint density at radius 2 is 1.80 bits per heavy atom. The van der Waals surface area contributed by atoms with Crippen LogP contribution < -0.4 is 9.47 Å². The highest BCUT2D eigenvalue weighted by atomic mass is 32.2. The zero-order valence-corrected chi connectivity index (χ0v) is 18.2. The Hall–Kier alpha value is -2.54. The number of rotatable bonds is 5. The van der Waals surface area contributed by atoms with Gasteiger partial charge in [-0.15, -0.1) is 0 Å². The first-order valence-electron chi connectivity index (χ1n) is 10.3. The molecule has 1 amide bonds. The van der Waals surface area contributed by atoms with Crippen LogP contribution in [0.3, 0.4) is 0 Å². The van der Waals surface area contributed by atoms with Crippen molar-refractivity contribution in [3.8, 4) is 11.5 Å². The molecule has 4 rings (SSSR count). The van der Waals surface area contributed by atoms with E-state index in [2.05, 4.69) is 0 Å². The van der Waals surface area contributed by atoms with Gasteiger partial charge >= 0.3 is 0 Å². The van der Waals surface area contributed by atoms with Crippen LogP contribution in [0.25, 0.3) is 0 Å². The van der Waals surface area contributed by atoms with Gasteiger partial charge in [-0.3, -0.25) is 4.79 Å². The molecule has 7 heteroatoms. The summed E-state index contributed by atoms with van der Waals surface area (Å²) >= 11 is 0. The molecule has 160 valence electrons. The predicted octanol–water partition coefficient (Wildman–Crippen LogP) is 3.24. The summed E-state index contributed by atoms with van der Waals surface area (Å²) in [6.07, 6.45) is 1.67. The predicted molar refractivity (Wildman–Crippen MR) is 114 cm³/mol. The van der Waals surface area contributed by atoms with Gasteiger partial charge in [0, 0.05) is 25.1 Å². The third-order valence-corrected chi connectivity index (χ3v) is 7.99. The number of carbonyl (C=O) groups excluding carboxylic acids is 1. The molecule has 0 saturated carbocycles. The van der Waals surface area contributed by atoms with E-state index < -0.39 is 15.1 Å². The van der Waals surface area contributed by atoms with Crippen molar-refractivity contribution in [3.63, 3.8) is 0 Å². The summed E-state index contributed by atoms with van der Waals surface area (Å²) in [5.41, 5.74) is 0.801. The van der Waals surface area contributed by atoms with Crippen LogP contribution in [0.1, 0.15) is 32.3 Å². The molecule has 2 aromatic rings. The van der Waals surface area contributed by atoms with Crippen molar-refractivity contribution in [2.45, 2.75) is 48.9 Å². The van der Waals surface area contributed by atoms with Gasteiger partial charge in [-0.25, -0.2) is 8.42 Å². The number of sulfone groups is 1. The molecular formula is C23H27NO5S. The van der Waals surface area contributed by atoms with E-state index in [1.54, 1.807) is 35.2 Å². The van der Waals surface area contributed by atoms with Gasteiger partial charge in [0.15, 0.2) is 27.9 Å². The molecule has 1 saturated heterocycles. The van der Waals surface area contributed by atoms with Crippen molar-refractivity contribution in [2.75, 3.05) is 19.7 Å². The van der Waals surface area contributed by atoms with Gasteiger partial charge < -0.3 is 14.4 Å². The molecule has 2 heterocycles. The highest BCUT2D eigenvalue weighted by Crippen LogP contribution is 2.41. The van der Waals surface area contributed by atoms with Crippen LogP contribution >= 0.6 is 0 Å². The molecule has 2 aromatic carbocycles. The summed E-state index contributed by atoms with van der Waals surface area (Å²) in [5.74, 6) is 1.15. The second-order valence-corrected chi connectivity index (χ2v) is 10.7. The van der Waals surface area contributed by atoms with Gasteiger partial charge in [0.05, 0.1) is 10.1 Å². The van der Waals surface area contributed by atoms with E-state index in [0.29, 0.717) is 42.3 Å². The minimum Gasteiger partial charge on any atom is -0.483 e. The van der Waals surface area contributed by atoms with Crippen LogP contribution in [-0.4, -0.2) is 49.8 Å². The number of hydrogen-bond donors (Lipinski definition) is 0. The van der Waals surface area contributed by atoms with Crippen LogP contribution in [0.2, 0.25) is 0 Å². The van der Waals surface area contributed by atoms with E-state index in [0.717, 1.165) is 12.0 Å². The number of carbonyl (C=O) groups is 1. The maximum atomic E-state index is 12.8. The highest BCUT2D eigenvalue weighted by Gasteiger charge is 2.34. The average Bonchev–Trinajstić information content (AvgIpc) is 3.07. The molecule has 2 aliphatic heterocycles. The zero-order valence-electron chi connectivity index (χ0n) is 17.3. The van der Waals surface area contributed by atoms with Crippen molar-refractivity contribution in [1.29, 1.82) is 0 Å². The average molecular weight is 430 g/mol. The van der Waals surface area contributed by atoms with Crippen molar-refractivity contribution in [1.82, 2.24) is 4.90 Å². The van der Waals surface area contributed by atoms with Crippen LogP contribution in [-0.2, 0) is 21.1 Å². The topological polar surface area (TPSA) is 72.9 Å². The summed E-state index contributed by atoms with van der Waals surface area (Å²) in [4.78, 5) is 14.7. The van der Waals surface area contributed by atoms with Gasteiger partial charge in [-0.2, -0.15) is 0 Å². The first-order valence-corrected chi connectivity index (χ1v) is 11.8. The number of piperidine rings is 1. The first-order chi connectivity index (χ1) is 14.3. The van der Waals surface area contributed by atoms with Crippen molar-refractivity contribution in [3.05, 3.63) is 54.1 Å². The molecule has 0 spiro atoms. The molecule has 0 N–H and O–H groups in total. The Morgan fingerprint density at radius 1 is 1.10 bits per heavy atom. The van der Waals surface area contributed by atoms with E-state index in [9.17, 15) is 13.2 Å². The van der Waals surface area contributed by atoms with Crippen molar-refractivity contribution >= 4 is 15.7 Å². The monoisotopic (exact) mass is 429 g/mol. The number of fused-ring (bicyclic) bond motifs is 1. The number of nitrogens with zero attached hydrogens (tertiary/aromatic N) is 1. The zero-order chi connectivity index (χ0) is 21.4. The van der Waals surface area contributed by atoms with Gasteiger partial charge in [0.2, 0.25) is 0 Å². The molecule has 0 bridgehead atoms. The van der Waals surface area contributed by atoms with Gasteiger partial charge in [-0.1, -0.05) is 30.3 Å². The molecule has 6 nitrogen and oxygen atoms in total. The molecular weight excluding hydrogens is 402 g/mol. The summed E-state index contributed by atoms with van der Waals surface area (Å²) < 4.78 is 37.4. The molecule has 30 heavy (non-hydrogen) atoms. The van der Waals surface area contributed by atoms with Gasteiger partial charge in [-0.05, 0) is 44.9 Å². The Kier molecular flexibility index (Phi) is 5.49. The minimum atomic E-state index is -3.37. The maximum absolute atomic E-state index is 12.8. The highest BCUT2D eigenvalue weighted by molar-refractivity contribution is 7.92. The van der Waals surface area contributed by atoms with Crippen LogP contribution in [0, 0.1) is 0 Å². The summed E-state index contributed by atoms with van der Waals surface area (Å²) in [7, 11) is -3.37. The molecule has 0 aliphatic carbocycles. The molecule has 0 aromatic heterocycles. The smallest absolute Gasteiger partial charge is 0.260 e. The maximum Gasteiger partial charge on any atom is 0.260 e.